The number of nitrogens with two attached hydrogens (primary N) is 1. The first-order valence-electron chi connectivity index (χ1n) is 6.73. The zero-order valence-corrected chi connectivity index (χ0v) is 11.3. The van der Waals surface area contributed by atoms with E-state index in [1.165, 1.54) is 19.3 Å². The van der Waals surface area contributed by atoms with Crippen molar-refractivity contribution < 1.29 is 9.53 Å². The Morgan fingerprint density at radius 2 is 2.21 bits per heavy atom. The van der Waals surface area contributed by atoms with Crippen LogP contribution < -0.4 is 15.8 Å². The smallest absolute Gasteiger partial charge is 0.269 e. The summed E-state index contributed by atoms with van der Waals surface area (Å²) in [5.74, 6) is 0.426. The summed E-state index contributed by atoms with van der Waals surface area (Å²) in [6.07, 6.45) is 7.17. The lowest BCUT2D eigenvalue weighted by Crippen LogP contribution is -2.47. The van der Waals surface area contributed by atoms with Crippen molar-refractivity contribution in [3.8, 4) is 5.75 Å². The molecule has 1 fully saturated rings. The molecule has 3 N–H and O–H groups in total. The molecular weight excluding hydrogens is 242 g/mol. The Morgan fingerprint density at radius 3 is 2.89 bits per heavy atom. The van der Waals surface area contributed by atoms with Gasteiger partial charge in [0.25, 0.3) is 5.91 Å². The molecule has 1 aromatic rings. The molecule has 5 nitrogen and oxygen atoms in total. The molecule has 0 unspecified atom stereocenters. The number of nitrogens with one attached hydrogen (secondary N) is 1. The van der Waals surface area contributed by atoms with Gasteiger partial charge in [0, 0.05) is 19.3 Å². The number of pyridine rings is 1. The van der Waals surface area contributed by atoms with E-state index < -0.39 is 0 Å². The summed E-state index contributed by atoms with van der Waals surface area (Å²) in [7, 11) is 1.58. The molecule has 0 aliphatic heterocycles. The third-order valence-electron chi connectivity index (χ3n) is 3.57. The van der Waals surface area contributed by atoms with Crippen LogP contribution in [0.4, 0.5) is 0 Å². The van der Waals surface area contributed by atoms with Crippen molar-refractivity contribution in [1.29, 1.82) is 0 Å². The summed E-state index contributed by atoms with van der Waals surface area (Å²) in [5, 5.41) is 2.54. The molecule has 0 aromatic carbocycles. The van der Waals surface area contributed by atoms with Gasteiger partial charge in [-0.05, 0) is 18.9 Å². The predicted octanol–water partition coefficient (Wildman–Crippen LogP) is 1.48. The standard InChI is InChI=1S/C14H21N3O2/c1-16-13(18)12-9-11(5-8-17-12)19-10-14(15)6-3-2-4-7-14/h5,8-9H,2-4,6-7,10,15H2,1H3,(H,16,18). The Balaban J connectivity index is 1.97. The molecule has 1 amide bonds. The molecule has 0 atom stereocenters. The molecule has 1 heterocycles. The average Bonchev–Trinajstić information content (AvgIpc) is 2.45. The number of hydrogen-bond donors (Lipinski definition) is 2. The highest BCUT2D eigenvalue weighted by Crippen LogP contribution is 2.26. The summed E-state index contributed by atoms with van der Waals surface area (Å²) < 4.78 is 5.74. The largest absolute Gasteiger partial charge is 0.492 e. The van der Waals surface area contributed by atoms with E-state index in [1.54, 1.807) is 25.4 Å². The number of amides is 1. The number of carbonyl (C=O) groups excluding carboxylic acids is 1. The summed E-state index contributed by atoms with van der Waals surface area (Å²) in [5.41, 5.74) is 6.44. The second-order valence-electron chi connectivity index (χ2n) is 5.17. The molecule has 0 bridgehead atoms. The van der Waals surface area contributed by atoms with Crippen LogP contribution >= 0.6 is 0 Å². The zero-order valence-electron chi connectivity index (χ0n) is 11.3. The van der Waals surface area contributed by atoms with Crippen LogP contribution in [0.25, 0.3) is 0 Å². The first-order valence-corrected chi connectivity index (χ1v) is 6.73. The molecule has 1 saturated carbocycles. The van der Waals surface area contributed by atoms with Crippen LogP contribution in [0.5, 0.6) is 5.75 Å². The molecule has 0 radical (unpaired) electrons. The maximum atomic E-state index is 11.5. The molecular formula is C14H21N3O2. The number of carbonyl (C=O) groups is 1. The van der Waals surface area contributed by atoms with Crippen molar-refractivity contribution >= 4 is 5.91 Å². The Kier molecular flexibility index (Phi) is 4.37. The van der Waals surface area contributed by atoms with Gasteiger partial charge in [0.2, 0.25) is 0 Å². The summed E-state index contributed by atoms with van der Waals surface area (Å²) in [6.45, 7) is 0.490. The maximum absolute atomic E-state index is 11.5. The van der Waals surface area contributed by atoms with E-state index in [0.717, 1.165) is 12.8 Å². The lowest BCUT2D eigenvalue weighted by molar-refractivity contribution is 0.0957. The number of ether oxygens (including phenoxy) is 1. The van der Waals surface area contributed by atoms with E-state index in [1.807, 2.05) is 0 Å². The third kappa shape index (κ3) is 3.67. The molecule has 1 aliphatic rings. The van der Waals surface area contributed by atoms with Gasteiger partial charge < -0.3 is 15.8 Å². The van der Waals surface area contributed by atoms with Gasteiger partial charge in [0.15, 0.2) is 0 Å². The van der Waals surface area contributed by atoms with Crippen LogP contribution in [-0.4, -0.2) is 30.1 Å². The van der Waals surface area contributed by atoms with Crippen molar-refractivity contribution in [1.82, 2.24) is 10.3 Å². The first-order chi connectivity index (χ1) is 9.13. The molecule has 2 rings (SSSR count). The van der Waals surface area contributed by atoms with Crippen molar-refractivity contribution in [2.45, 2.75) is 37.6 Å². The monoisotopic (exact) mass is 263 g/mol. The molecule has 0 saturated heterocycles. The van der Waals surface area contributed by atoms with E-state index in [2.05, 4.69) is 10.3 Å². The molecule has 104 valence electrons. The van der Waals surface area contributed by atoms with E-state index >= 15 is 0 Å². The molecule has 5 heteroatoms. The lowest BCUT2D eigenvalue weighted by Gasteiger charge is -2.33. The van der Waals surface area contributed by atoms with Gasteiger partial charge in [-0.15, -0.1) is 0 Å². The highest BCUT2D eigenvalue weighted by Gasteiger charge is 2.28. The van der Waals surface area contributed by atoms with Gasteiger partial charge in [-0.25, -0.2) is 0 Å². The van der Waals surface area contributed by atoms with Crippen molar-refractivity contribution in [3.05, 3.63) is 24.0 Å². The number of rotatable bonds is 4. The van der Waals surface area contributed by atoms with Crippen LogP contribution in [0.2, 0.25) is 0 Å². The molecule has 1 aromatic heterocycles. The van der Waals surface area contributed by atoms with Crippen LogP contribution in [0, 0.1) is 0 Å². The van der Waals surface area contributed by atoms with Crippen molar-refractivity contribution in [2.75, 3.05) is 13.7 Å². The van der Waals surface area contributed by atoms with Gasteiger partial charge in [-0.3, -0.25) is 9.78 Å². The highest BCUT2D eigenvalue weighted by molar-refractivity contribution is 5.92. The minimum absolute atomic E-state index is 0.217. The second-order valence-corrected chi connectivity index (χ2v) is 5.17. The van der Waals surface area contributed by atoms with Gasteiger partial charge in [0.05, 0.1) is 5.54 Å². The van der Waals surface area contributed by atoms with Crippen molar-refractivity contribution in [3.63, 3.8) is 0 Å². The fourth-order valence-electron chi connectivity index (χ4n) is 2.38. The lowest BCUT2D eigenvalue weighted by atomic mass is 9.83. The predicted molar refractivity (Wildman–Crippen MR) is 73.1 cm³/mol. The number of aromatic nitrogens is 1. The Morgan fingerprint density at radius 1 is 1.47 bits per heavy atom. The summed E-state index contributed by atoms with van der Waals surface area (Å²) in [4.78, 5) is 15.5. The van der Waals surface area contributed by atoms with Gasteiger partial charge >= 0.3 is 0 Å². The normalized spacial score (nSPS) is 17.8. The van der Waals surface area contributed by atoms with Gasteiger partial charge in [-0.1, -0.05) is 19.3 Å². The van der Waals surface area contributed by atoms with Gasteiger partial charge in [0.1, 0.15) is 18.1 Å². The highest BCUT2D eigenvalue weighted by atomic mass is 16.5. The van der Waals surface area contributed by atoms with Gasteiger partial charge in [-0.2, -0.15) is 0 Å². The summed E-state index contributed by atoms with van der Waals surface area (Å²) in [6, 6.07) is 3.39. The topological polar surface area (TPSA) is 77.2 Å². The molecule has 0 spiro atoms. The van der Waals surface area contributed by atoms with Crippen LogP contribution in [-0.2, 0) is 0 Å². The Labute approximate surface area is 113 Å². The van der Waals surface area contributed by atoms with Crippen LogP contribution in [0.1, 0.15) is 42.6 Å². The van der Waals surface area contributed by atoms with E-state index in [9.17, 15) is 4.79 Å². The quantitative estimate of drug-likeness (QED) is 0.862. The molecule has 19 heavy (non-hydrogen) atoms. The SMILES string of the molecule is CNC(=O)c1cc(OCC2(N)CCCCC2)ccn1. The van der Waals surface area contributed by atoms with E-state index in [-0.39, 0.29) is 11.4 Å². The fraction of sp³-hybridized carbons (Fsp3) is 0.571. The first kappa shape index (κ1) is 13.8. The zero-order chi connectivity index (χ0) is 13.7. The number of nitrogens with zero attached hydrogens (tertiary/aromatic N) is 1. The average molecular weight is 263 g/mol. The minimum Gasteiger partial charge on any atom is -0.492 e. The second kappa shape index (κ2) is 6.02. The fourth-order valence-corrected chi connectivity index (χ4v) is 2.38. The summed E-state index contributed by atoms with van der Waals surface area (Å²) >= 11 is 0. The number of hydrogen-bond acceptors (Lipinski definition) is 4. The minimum atomic E-state index is -0.227. The third-order valence-corrected chi connectivity index (χ3v) is 3.57. The van der Waals surface area contributed by atoms with Crippen LogP contribution in [0.3, 0.4) is 0 Å². The van der Waals surface area contributed by atoms with Crippen molar-refractivity contribution in [2.24, 2.45) is 5.73 Å². The Bertz CT molecular complexity index is 442. The van der Waals surface area contributed by atoms with Crippen LogP contribution in [0.15, 0.2) is 18.3 Å². The van der Waals surface area contributed by atoms with E-state index in [0.29, 0.717) is 18.1 Å². The Hall–Kier alpha value is -1.62. The maximum Gasteiger partial charge on any atom is 0.269 e. The molecule has 1 aliphatic carbocycles. The van der Waals surface area contributed by atoms with E-state index in [4.69, 9.17) is 10.5 Å².